The molecule has 6 heteroatoms. The summed E-state index contributed by atoms with van der Waals surface area (Å²) in [5.74, 6) is 0.790. The van der Waals surface area contributed by atoms with Gasteiger partial charge in [-0.15, -0.1) is 11.3 Å². The number of nitrogens with one attached hydrogen (secondary N) is 1. The van der Waals surface area contributed by atoms with E-state index in [1.165, 1.54) is 22.6 Å². The Morgan fingerprint density at radius 3 is 2.74 bits per heavy atom. The van der Waals surface area contributed by atoms with E-state index >= 15 is 0 Å². The summed E-state index contributed by atoms with van der Waals surface area (Å²) in [6.07, 6.45) is 7.20. The van der Waals surface area contributed by atoms with Crippen LogP contribution in [0.15, 0.2) is 61.1 Å². The van der Waals surface area contributed by atoms with Crippen LogP contribution in [0.2, 0.25) is 0 Å². The molecule has 1 aliphatic carbocycles. The van der Waals surface area contributed by atoms with E-state index in [0.29, 0.717) is 0 Å². The molecule has 0 saturated carbocycles. The van der Waals surface area contributed by atoms with E-state index in [1.807, 2.05) is 29.8 Å². The van der Waals surface area contributed by atoms with Gasteiger partial charge in [-0.25, -0.2) is 9.97 Å². The van der Waals surface area contributed by atoms with Crippen LogP contribution in [0.5, 0.6) is 5.75 Å². The van der Waals surface area contributed by atoms with Gasteiger partial charge < -0.3 is 14.6 Å². The topological polar surface area (TPSA) is 52.0 Å². The molecule has 0 aliphatic heterocycles. The van der Waals surface area contributed by atoms with Crippen molar-refractivity contribution in [1.29, 1.82) is 0 Å². The molecule has 5 nitrogen and oxygen atoms in total. The van der Waals surface area contributed by atoms with E-state index < -0.39 is 0 Å². The Bertz CT molecular complexity index is 1210. The number of benzene rings is 2. The second kappa shape index (κ2) is 7.85. The van der Waals surface area contributed by atoms with Crippen LogP contribution in [-0.4, -0.2) is 21.6 Å². The summed E-state index contributed by atoms with van der Waals surface area (Å²) in [5.41, 5.74) is 5.42. The number of nitrogens with zero attached hydrogens (tertiary/aromatic N) is 3. The molecule has 158 valence electrons. The Balaban J connectivity index is 1.45. The van der Waals surface area contributed by atoms with Crippen molar-refractivity contribution in [3.63, 3.8) is 0 Å². The minimum Gasteiger partial charge on any atom is -0.494 e. The van der Waals surface area contributed by atoms with Crippen molar-refractivity contribution in [2.45, 2.75) is 38.5 Å². The molecule has 0 fully saturated rings. The van der Waals surface area contributed by atoms with Crippen molar-refractivity contribution in [1.82, 2.24) is 14.5 Å². The smallest absolute Gasteiger partial charge is 0.187 e. The summed E-state index contributed by atoms with van der Waals surface area (Å²) in [4.78, 5) is 10.8. The Morgan fingerprint density at radius 2 is 2.00 bits per heavy atom. The third kappa shape index (κ3) is 3.61. The fourth-order valence-corrected chi connectivity index (χ4v) is 5.61. The number of methoxy groups -OCH3 is 1. The molecular weight excluding hydrogens is 404 g/mol. The van der Waals surface area contributed by atoms with Gasteiger partial charge >= 0.3 is 0 Å². The molecule has 2 aromatic heterocycles. The van der Waals surface area contributed by atoms with Gasteiger partial charge in [-0.3, -0.25) is 0 Å². The van der Waals surface area contributed by atoms with Gasteiger partial charge in [0.25, 0.3) is 0 Å². The van der Waals surface area contributed by atoms with Crippen LogP contribution in [0.4, 0.5) is 10.8 Å². The van der Waals surface area contributed by atoms with Crippen LogP contribution in [-0.2, 0) is 11.8 Å². The standard InChI is InChI=1S/C25H26N4OS/c1-17-15-29(16-26-17)20-12-11-19(14-21(20)30-3)27-24-28-23-22(31-24)10-7-13-25(23,2)18-8-5-4-6-9-18/h4-6,8-9,11-12,14-16H,7,10,13H2,1-3H3,(H,27,28). The predicted molar refractivity (Wildman–Crippen MR) is 126 cm³/mol. The maximum absolute atomic E-state index is 5.65. The highest BCUT2D eigenvalue weighted by Crippen LogP contribution is 2.45. The van der Waals surface area contributed by atoms with Crippen LogP contribution in [0.1, 0.15) is 41.6 Å². The maximum atomic E-state index is 5.65. The highest BCUT2D eigenvalue weighted by Gasteiger charge is 2.37. The van der Waals surface area contributed by atoms with Crippen molar-refractivity contribution in [2.75, 3.05) is 12.4 Å². The van der Waals surface area contributed by atoms with Crippen molar-refractivity contribution in [3.8, 4) is 11.4 Å². The van der Waals surface area contributed by atoms with Gasteiger partial charge in [-0.1, -0.05) is 30.3 Å². The second-order valence-electron chi connectivity index (χ2n) is 8.28. The first-order valence-electron chi connectivity index (χ1n) is 10.6. The molecule has 0 radical (unpaired) electrons. The van der Waals surface area contributed by atoms with Gasteiger partial charge in [0.2, 0.25) is 0 Å². The number of hydrogen-bond donors (Lipinski definition) is 1. The number of imidazole rings is 1. The largest absolute Gasteiger partial charge is 0.494 e. The van der Waals surface area contributed by atoms with Crippen molar-refractivity contribution in [3.05, 3.63) is 82.9 Å². The first-order chi connectivity index (χ1) is 15.1. The summed E-state index contributed by atoms with van der Waals surface area (Å²) < 4.78 is 7.63. The van der Waals surface area contributed by atoms with E-state index in [9.17, 15) is 0 Å². The fourth-order valence-electron chi connectivity index (χ4n) is 4.46. The number of fused-ring (bicyclic) bond motifs is 1. The van der Waals surface area contributed by atoms with Crippen molar-refractivity contribution >= 4 is 22.2 Å². The van der Waals surface area contributed by atoms with E-state index in [4.69, 9.17) is 9.72 Å². The molecule has 0 bridgehead atoms. The molecule has 0 spiro atoms. The molecule has 2 heterocycles. The molecule has 1 N–H and O–H groups in total. The number of rotatable bonds is 5. The van der Waals surface area contributed by atoms with Crippen LogP contribution in [0, 0.1) is 6.92 Å². The zero-order valence-corrected chi connectivity index (χ0v) is 18.9. The molecule has 0 saturated heterocycles. The second-order valence-corrected chi connectivity index (χ2v) is 9.36. The molecular formula is C25H26N4OS. The average molecular weight is 431 g/mol. The SMILES string of the molecule is COc1cc(Nc2nc3c(s2)CCCC3(C)c2ccccc2)ccc1-n1cnc(C)c1. The van der Waals surface area contributed by atoms with Gasteiger partial charge in [0.1, 0.15) is 5.75 Å². The summed E-state index contributed by atoms with van der Waals surface area (Å²) in [5, 5.41) is 4.44. The van der Waals surface area contributed by atoms with E-state index in [0.717, 1.165) is 40.8 Å². The van der Waals surface area contributed by atoms with E-state index in [1.54, 1.807) is 24.8 Å². The lowest BCUT2D eigenvalue weighted by molar-refractivity contribution is 0.413. The molecule has 4 aromatic rings. The molecule has 31 heavy (non-hydrogen) atoms. The zero-order chi connectivity index (χ0) is 21.4. The first-order valence-corrected chi connectivity index (χ1v) is 11.4. The van der Waals surface area contributed by atoms with E-state index in [2.05, 4.69) is 53.6 Å². The van der Waals surface area contributed by atoms with Crippen LogP contribution < -0.4 is 10.1 Å². The molecule has 1 aliphatic rings. The number of aryl methyl sites for hydroxylation is 2. The first kappa shape index (κ1) is 19.8. The molecule has 1 unspecified atom stereocenters. The van der Waals surface area contributed by atoms with Gasteiger partial charge in [0.15, 0.2) is 5.13 Å². The number of thiazole rings is 1. The molecule has 5 rings (SSSR count). The van der Waals surface area contributed by atoms with Gasteiger partial charge in [0.05, 0.1) is 30.5 Å². The molecule has 1 atom stereocenters. The van der Waals surface area contributed by atoms with E-state index in [-0.39, 0.29) is 5.41 Å². The Labute approximate surface area is 186 Å². The number of aromatic nitrogens is 3. The lowest BCUT2D eigenvalue weighted by Gasteiger charge is -2.33. The highest BCUT2D eigenvalue weighted by atomic mass is 32.1. The molecule has 2 aromatic carbocycles. The number of anilines is 2. The summed E-state index contributed by atoms with van der Waals surface area (Å²) in [7, 11) is 1.69. The highest BCUT2D eigenvalue weighted by molar-refractivity contribution is 7.15. The quantitative estimate of drug-likeness (QED) is 0.420. The predicted octanol–water partition coefficient (Wildman–Crippen LogP) is 6.03. The average Bonchev–Trinajstić information content (AvgIpc) is 3.41. The minimum absolute atomic E-state index is 0.0356. The van der Waals surface area contributed by atoms with Gasteiger partial charge in [-0.05, 0) is 50.8 Å². The number of ether oxygens (including phenoxy) is 1. The number of hydrogen-bond acceptors (Lipinski definition) is 5. The monoisotopic (exact) mass is 430 g/mol. The lowest BCUT2D eigenvalue weighted by atomic mass is 9.72. The normalized spacial score (nSPS) is 17.9. The van der Waals surface area contributed by atoms with Crippen LogP contribution in [0.25, 0.3) is 5.69 Å². The Hall–Kier alpha value is -3.12. The molecule has 0 amide bonds. The minimum atomic E-state index is -0.0356. The summed E-state index contributed by atoms with van der Waals surface area (Å²) in [6.45, 7) is 4.31. The van der Waals surface area contributed by atoms with Crippen LogP contribution in [0.3, 0.4) is 0 Å². The van der Waals surface area contributed by atoms with Crippen molar-refractivity contribution in [2.24, 2.45) is 0 Å². The summed E-state index contributed by atoms with van der Waals surface area (Å²) in [6, 6.07) is 16.9. The Kier molecular flexibility index (Phi) is 5.02. The third-order valence-electron chi connectivity index (χ3n) is 6.13. The Morgan fingerprint density at radius 1 is 1.16 bits per heavy atom. The van der Waals surface area contributed by atoms with Gasteiger partial charge in [0, 0.05) is 28.2 Å². The summed E-state index contributed by atoms with van der Waals surface area (Å²) >= 11 is 1.77. The van der Waals surface area contributed by atoms with Crippen molar-refractivity contribution < 1.29 is 4.74 Å². The zero-order valence-electron chi connectivity index (χ0n) is 18.1. The van der Waals surface area contributed by atoms with Gasteiger partial charge in [-0.2, -0.15) is 0 Å². The maximum Gasteiger partial charge on any atom is 0.187 e. The van der Waals surface area contributed by atoms with Crippen LogP contribution >= 0.6 is 11.3 Å². The third-order valence-corrected chi connectivity index (χ3v) is 7.16. The lowest BCUT2D eigenvalue weighted by Crippen LogP contribution is -2.28. The fraction of sp³-hybridized carbons (Fsp3) is 0.280.